The summed E-state index contributed by atoms with van der Waals surface area (Å²) in [7, 11) is 3.18. The van der Waals surface area contributed by atoms with Gasteiger partial charge in [-0.2, -0.15) is 10.2 Å². The van der Waals surface area contributed by atoms with Crippen molar-refractivity contribution in [3.8, 4) is 11.5 Å². The Morgan fingerprint density at radius 3 is 2.03 bits per heavy atom. The van der Waals surface area contributed by atoms with Crippen molar-refractivity contribution in [3.05, 3.63) is 66.6 Å². The van der Waals surface area contributed by atoms with Crippen LogP contribution in [-0.2, 0) is 0 Å². The van der Waals surface area contributed by atoms with E-state index in [0.29, 0.717) is 11.5 Å². The van der Waals surface area contributed by atoms with Crippen molar-refractivity contribution in [2.75, 3.05) is 14.2 Å². The fraction of sp³-hybridized carbons (Fsp3) is 0.118. The minimum absolute atomic E-state index is 0.0421. The molecular weight excluding hydrogens is 528 g/mol. The van der Waals surface area contributed by atoms with Gasteiger partial charge in [0, 0.05) is 20.1 Å². The Bertz CT molecular complexity index is 948. The number of hydrogen-bond acceptors (Lipinski definition) is 7. The molecule has 0 atom stereocenters. The van der Waals surface area contributed by atoms with Gasteiger partial charge in [0.2, 0.25) is 5.96 Å². The second-order valence-electron chi connectivity index (χ2n) is 5.11. The summed E-state index contributed by atoms with van der Waals surface area (Å²) in [4.78, 5) is 8.36. The molecule has 4 N–H and O–H groups in total. The third kappa shape index (κ3) is 9.34. The fourth-order valence-corrected chi connectivity index (χ4v) is 2.71. The van der Waals surface area contributed by atoms with Crippen molar-refractivity contribution in [1.29, 1.82) is 0 Å². The predicted molar refractivity (Wildman–Crippen MR) is 120 cm³/mol. The molecule has 0 bridgehead atoms. The highest BCUT2D eigenvalue weighted by Gasteiger charge is 2.01. The molecule has 2 aromatic rings. The van der Waals surface area contributed by atoms with Crippen LogP contribution in [0, 0.1) is 10.1 Å². The fourth-order valence-electron chi connectivity index (χ4n) is 1.96. The summed E-state index contributed by atoms with van der Waals surface area (Å²) in [6, 6.07) is 11.1. The molecule has 0 saturated heterocycles. The van der Waals surface area contributed by atoms with Gasteiger partial charge in [0.1, 0.15) is 11.5 Å². The van der Waals surface area contributed by atoms with E-state index in [1.807, 2.05) is 36.4 Å². The number of rotatable bonds is 6. The minimum atomic E-state index is -1.50. The Hall–Kier alpha value is -3.19. The Kier molecular flexibility index (Phi) is 10.9. The first-order chi connectivity index (χ1) is 14.3. The smallest absolute Gasteiger partial charge is 0.291 e. The minimum Gasteiger partial charge on any atom is -0.496 e. The van der Waals surface area contributed by atoms with E-state index in [-0.39, 0.29) is 5.96 Å². The Labute approximate surface area is 188 Å². The maximum atomic E-state index is 8.36. The van der Waals surface area contributed by atoms with Crippen LogP contribution in [-0.4, -0.2) is 42.9 Å². The van der Waals surface area contributed by atoms with Gasteiger partial charge in [-0.25, -0.2) is 5.43 Å². The summed E-state index contributed by atoms with van der Waals surface area (Å²) < 4.78 is 12.3. The second kappa shape index (κ2) is 13.1. The first kappa shape index (κ1) is 24.8. The number of nitrogens with one attached hydrogen (secondary N) is 1. The first-order valence-corrected chi connectivity index (χ1v) is 9.51. The van der Waals surface area contributed by atoms with Crippen molar-refractivity contribution in [1.82, 2.24) is 5.43 Å². The van der Waals surface area contributed by atoms with Gasteiger partial charge in [0.15, 0.2) is 0 Å². The number of nitrogens with zero attached hydrogens (tertiary/aromatic N) is 4. The molecule has 0 heterocycles. The zero-order valence-electron chi connectivity index (χ0n) is 15.8. The maximum absolute atomic E-state index is 8.36. The number of methoxy groups -OCH3 is 2. The van der Waals surface area contributed by atoms with Crippen molar-refractivity contribution in [2.24, 2.45) is 21.0 Å². The van der Waals surface area contributed by atoms with Crippen molar-refractivity contribution in [2.45, 2.75) is 0 Å². The lowest BCUT2D eigenvalue weighted by atomic mass is 10.2. The molecule has 0 aromatic heterocycles. The summed E-state index contributed by atoms with van der Waals surface area (Å²) in [5.41, 5.74) is 9.88. The Morgan fingerprint density at radius 1 is 1.10 bits per heavy atom. The van der Waals surface area contributed by atoms with Gasteiger partial charge in [-0.15, -0.1) is 15.2 Å². The molecule has 0 fully saturated rings. The molecule has 0 aliphatic carbocycles. The lowest BCUT2D eigenvalue weighted by Crippen LogP contribution is -2.26. The zero-order chi connectivity index (χ0) is 22.5. The molecule has 0 aliphatic heterocycles. The molecule has 2 aromatic carbocycles. The summed E-state index contributed by atoms with van der Waals surface area (Å²) in [6.07, 6.45) is 3.12. The van der Waals surface area contributed by atoms with Crippen LogP contribution < -0.4 is 20.6 Å². The Morgan fingerprint density at radius 2 is 1.57 bits per heavy atom. The van der Waals surface area contributed by atoms with E-state index in [0.717, 1.165) is 20.1 Å². The molecule has 0 saturated carbocycles. The van der Waals surface area contributed by atoms with Crippen LogP contribution in [0.5, 0.6) is 11.5 Å². The molecular formula is C17H18Br2N6O5. The van der Waals surface area contributed by atoms with Gasteiger partial charge in [0.05, 0.1) is 26.6 Å². The van der Waals surface area contributed by atoms with E-state index in [9.17, 15) is 0 Å². The summed E-state index contributed by atoms with van der Waals surface area (Å²) in [6.45, 7) is 0. The van der Waals surface area contributed by atoms with Crippen LogP contribution in [0.25, 0.3) is 0 Å². The predicted octanol–water partition coefficient (Wildman–Crippen LogP) is 3.15. The first-order valence-electron chi connectivity index (χ1n) is 7.92. The van der Waals surface area contributed by atoms with E-state index < -0.39 is 5.09 Å². The summed E-state index contributed by atoms with van der Waals surface area (Å²) in [5, 5.41) is 25.4. The molecule has 30 heavy (non-hydrogen) atoms. The van der Waals surface area contributed by atoms with Gasteiger partial charge in [-0.1, -0.05) is 31.9 Å². The maximum Gasteiger partial charge on any atom is 0.291 e. The molecule has 0 amide bonds. The third-order valence-electron chi connectivity index (χ3n) is 3.13. The van der Waals surface area contributed by atoms with Gasteiger partial charge in [-0.05, 0) is 36.4 Å². The molecule has 0 spiro atoms. The van der Waals surface area contributed by atoms with Crippen LogP contribution in [0.15, 0.2) is 60.6 Å². The molecule has 11 nitrogen and oxygen atoms in total. The standard InChI is InChI=1S/C17H17Br2N5O2.HNO3/c1-25-15-5-3-13(18)7-11(15)9-21-23-17(20)24-22-10-12-8-14(19)4-6-16(12)26-2;2-1(3)4/h3-10H,1-2H3,(H3,20,23,24);(H,2,3,4)/b21-9+,22-10+;. The molecule has 13 heteroatoms. The third-order valence-corrected chi connectivity index (χ3v) is 4.12. The summed E-state index contributed by atoms with van der Waals surface area (Å²) in [5.74, 6) is 1.41. The van der Waals surface area contributed by atoms with Crippen molar-refractivity contribution in [3.63, 3.8) is 0 Å². The van der Waals surface area contributed by atoms with Crippen LogP contribution in [0.2, 0.25) is 0 Å². The van der Waals surface area contributed by atoms with Crippen LogP contribution in [0.4, 0.5) is 0 Å². The average molecular weight is 546 g/mol. The van der Waals surface area contributed by atoms with Gasteiger partial charge in [-0.3, -0.25) is 0 Å². The van der Waals surface area contributed by atoms with Gasteiger partial charge < -0.3 is 20.4 Å². The van der Waals surface area contributed by atoms with E-state index in [1.165, 1.54) is 0 Å². The highest BCUT2D eigenvalue weighted by molar-refractivity contribution is 9.10. The van der Waals surface area contributed by atoms with Crippen molar-refractivity contribution < 1.29 is 19.8 Å². The van der Waals surface area contributed by atoms with E-state index in [1.54, 1.807) is 26.6 Å². The average Bonchev–Trinajstić information content (AvgIpc) is 2.68. The topological polar surface area (TPSA) is 157 Å². The molecule has 0 aliphatic rings. The second-order valence-corrected chi connectivity index (χ2v) is 6.94. The Balaban J connectivity index is 0.00000103. The number of benzene rings is 2. The van der Waals surface area contributed by atoms with Gasteiger partial charge in [0.25, 0.3) is 5.09 Å². The van der Waals surface area contributed by atoms with Crippen LogP contribution in [0.1, 0.15) is 11.1 Å². The largest absolute Gasteiger partial charge is 0.496 e. The van der Waals surface area contributed by atoms with Crippen molar-refractivity contribution >= 4 is 50.2 Å². The van der Waals surface area contributed by atoms with E-state index >= 15 is 0 Å². The number of hydrogen-bond donors (Lipinski definition) is 3. The van der Waals surface area contributed by atoms with E-state index in [4.69, 9.17) is 30.5 Å². The molecule has 0 radical (unpaired) electrons. The number of guanidine groups is 1. The normalized spacial score (nSPS) is 11.1. The molecule has 0 unspecified atom stereocenters. The monoisotopic (exact) mass is 544 g/mol. The SMILES string of the molecule is COc1ccc(Br)cc1/C=N/N=C(\N)N/N=C/c1cc(Br)ccc1OC.O=[N+]([O-])O. The highest BCUT2D eigenvalue weighted by Crippen LogP contribution is 2.22. The lowest BCUT2D eigenvalue weighted by Gasteiger charge is -2.04. The number of nitrogens with two attached hydrogens (primary N) is 1. The molecule has 160 valence electrons. The lowest BCUT2D eigenvalue weighted by molar-refractivity contribution is -0.742. The van der Waals surface area contributed by atoms with E-state index in [2.05, 4.69) is 52.6 Å². The summed E-state index contributed by atoms with van der Waals surface area (Å²) >= 11 is 6.80. The molecule has 2 rings (SSSR count). The quantitative estimate of drug-likeness (QED) is 0.218. The zero-order valence-corrected chi connectivity index (χ0v) is 19.0. The number of hydrazone groups is 1. The number of halogens is 2. The number of ether oxygens (including phenoxy) is 2. The van der Waals surface area contributed by atoms with Gasteiger partial charge >= 0.3 is 0 Å². The van der Waals surface area contributed by atoms with Crippen LogP contribution >= 0.6 is 31.9 Å². The highest BCUT2D eigenvalue weighted by atomic mass is 79.9. The van der Waals surface area contributed by atoms with Crippen LogP contribution in [0.3, 0.4) is 0 Å².